The molecule has 68 heavy (non-hydrogen) atoms. The second kappa shape index (κ2) is 21.9. The molecule has 368 valence electrons. The lowest BCUT2D eigenvalue weighted by Crippen LogP contribution is -2.49. The Labute approximate surface area is 409 Å². The van der Waals surface area contributed by atoms with E-state index in [1.165, 1.54) is 40.6 Å². The molecule has 4 aromatic carbocycles. The minimum Gasteiger partial charge on any atom is -0.380 e. The lowest BCUT2D eigenvalue weighted by molar-refractivity contribution is -0.0435. The van der Waals surface area contributed by atoms with Crippen LogP contribution in [0.4, 0.5) is 24.5 Å². The molecule has 2 heterocycles. The Hall–Kier alpha value is -4.10. The number of anilines is 2. The highest BCUT2D eigenvalue weighted by molar-refractivity contribution is 7.99. The minimum absolute atomic E-state index is 0.00309. The molecule has 1 amide bonds. The van der Waals surface area contributed by atoms with E-state index in [0.717, 1.165) is 101 Å². The molecule has 0 saturated carbocycles. The van der Waals surface area contributed by atoms with Crippen LogP contribution in [0.15, 0.2) is 117 Å². The molecule has 2 N–H and O–H groups in total. The lowest BCUT2D eigenvalue weighted by atomic mass is 9.73. The maximum absolute atomic E-state index is 14.3. The SMILES string of the molecule is CC(C)N1CCN(CCC(CSc2ccccc2)Nc2ccc(S(=O)(=O)NC(=O)c3ccc(N4CCN(CC5=C(c6ccc(Cl)cc6)CCC(C)(C)C5)CC4)cc3)cc2S(=O)(=O)C(F)(F)F)CC1. The van der Waals surface area contributed by atoms with Crippen LogP contribution in [0.5, 0.6) is 0 Å². The Morgan fingerprint density at radius 2 is 1.47 bits per heavy atom. The summed E-state index contributed by atoms with van der Waals surface area (Å²) in [5, 5.41) is 3.76. The van der Waals surface area contributed by atoms with E-state index in [-0.39, 0.29) is 16.7 Å². The minimum atomic E-state index is -6.06. The largest absolute Gasteiger partial charge is 0.501 e. The number of carbonyl (C=O) groups is 1. The van der Waals surface area contributed by atoms with Gasteiger partial charge < -0.3 is 15.1 Å². The summed E-state index contributed by atoms with van der Waals surface area (Å²) in [6.45, 7) is 16.9. The standard InChI is InChI=1S/C50H62ClF3N6O5S3/c1-36(2)59-28-24-57(25-29-59)23-21-41(35-66-43-8-6-5-7-9-43)55-46-19-18-44(32-47(46)67(62,63)50(52,53)54)68(64,65)56-48(61)38-12-16-42(17-13-38)60-30-26-58(27-31-60)34-39-33-49(3,4)22-20-45(39)37-10-14-40(51)15-11-37/h5-19,32,36,41,55H,20-31,33-35H2,1-4H3,(H,56,61). The smallest absolute Gasteiger partial charge is 0.380 e. The molecule has 1 atom stereocenters. The zero-order valence-electron chi connectivity index (χ0n) is 39.1. The fourth-order valence-corrected chi connectivity index (χ4v) is 12.3. The van der Waals surface area contributed by atoms with E-state index < -0.39 is 47.1 Å². The van der Waals surface area contributed by atoms with Crippen LogP contribution in [-0.2, 0) is 19.9 Å². The van der Waals surface area contributed by atoms with Crippen molar-refractivity contribution in [2.24, 2.45) is 5.41 Å². The van der Waals surface area contributed by atoms with Crippen molar-refractivity contribution in [2.45, 2.75) is 85.7 Å². The van der Waals surface area contributed by atoms with Gasteiger partial charge in [-0.1, -0.05) is 61.4 Å². The van der Waals surface area contributed by atoms with E-state index in [4.69, 9.17) is 11.6 Å². The lowest BCUT2D eigenvalue weighted by Gasteiger charge is -2.39. The molecule has 2 saturated heterocycles. The second-order valence-corrected chi connectivity index (χ2v) is 24.1. The molecule has 2 fully saturated rings. The first-order valence-corrected chi connectivity index (χ1v) is 27.5. The molecule has 0 spiro atoms. The molecule has 7 rings (SSSR count). The number of rotatable bonds is 17. The van der Waals surface area contributed by atoms with Crippen LogP contribution in [0.3, 0.4) is 0 Å². The molecule has 3 aliphatic rings. The average Bonchev–Trinajstić information content (AvgIpc) is 3.30. The van der Waals surface area contributed by atoms with Gasteiger partial charge in [0.1, 0.15) is 4.90 Å². The van der Waals surface area contributed by atoms with E-state index >= 15 is 0 Å². The molecule has 4 aromatic rings. The number of alkyl halides is 3. The first kappa shape index (κ1) is 51.7. The van der Waals surface area contributed by atoms with Gasteiger partial charge in [-0.05, 0) is 123 Å². The molecule has 0 bridgehead atoms. The molecule has 11 nitrogen and oxygen atoms in total. The van der Waals surface area contributed by atoms with Crippen molar-refractivity contribution in [3.63, 3.8) is 0 Å². The number of piperazine rings is 2. The van der Waals surface area contributed by atoms with E-state index in [0.29, 0.717) is 35.8 Å². The van der Waals surface area contributed by atoms with Crippen LogP contribution in [0, 0.1) is 5.41 Å². The quantitative estimate of drug-likeness (QED) is 0.0985. The normalized spacial score (nSPS) is 18.5. The van der Waals surface area contributed by atoms with E-state index in [1.807, 2.05) is 47.2 Å². The second-order valence-electron chi connectivity index (χ2n) is 19.0. The van der Waals surface area contributed by atoms with Crippen molar-refractivity contribution in [1.29, 1.82) is 0 Å². The Morgan fingerprint density at radius 1 is 0.824 bits per heavy atom. The summed E-state index contributed by atoms with van der Waals surface area (Å²) in [6.07, 6.45) is 3.63. The summed E-state index contributed by atoms with van der Waals surface area (Å²) in [6, 6.07) is 26.4. The highest BCUT2D eigenvalue weighted by Gasteiger charge is 2.48. The van der Waals surface area contributed by atoms with Crippen LogP contribution >= 0.6 is 23.4 Å². The number of nitrogens with zero attached hydrogens (tertiary/aromatic N) is 4. The van der Waals surface area contributed by atoms with Crippen molar-refractivity contribution in [3.8, 4) is 0 Å². The van der Waals surface area contributed by atoms with Crippen LogP contribution in [0.2, 0.25) is 5.02 Å². The predicted molar refractivity (Wildman–Crippen MR) is 268 cm³/mol. The zero-order valence-corrected chi connectivity index (χ0v) is 42.3. The number of allylic oxidation sites excluding steroid dienone is 1. The van der Waals surface area contributed by atoms with Crippen LogP contribution in [-0.4, -0.2) is 126 Å². The maximum Gasteiger partial charge on any atom is 0.501 e. The Morgan fingerprint density at radius 3 is 2.10 bits per heavy atom. The Kier molecular flexibility index (Phi) is 16.7. The highest BCUT2D eigenvalue weighted by atomic mass is 35.5. The summed E-state index contributed by atoms with van der Waals surface area (Å²) < 4.78 is 98.3. The number of sulfone groups is 1. The number of carbonyl (C=O) groups excluding carboxylic acids is 1. The van der Waals surface area contributed by atoms with Crippen molar-refractivity contribution < 1.29 is 34.8 Å². The van der Waals surface area contributed by atoms with Crippen molar-refractivity contribution in [1.82, 2.24) is 19.4 Å². The fraction of sp³-hybridized carbons (Fsp3) is 0.460. The summed E-state index contributed by atoms with van der Waals surface area (Å²) in [5.74, 6) is -0.632. The number of benzene rings is 4. The van der Waals surface area contributed by atoms with Gasteiger partial charge in [-0.3, -0.25) is 14.6 Å². The molecular weight excluding hydrogens is 953 g/mol. The fourth-order valence-electron chi connectivity index (χ4n) is 9.17. The summed E-state index contributed by atoms with van der Waals surface area (Å²) >= 11 is 7.67. The van der Waals surface area contributed by atoms with Gasteiger partial charge in [0, 0.05) is 104 Å². The van der Waals surface area contributed by atoms with Gasteiger partial charge in [0.2, 0.25) is 0 Å². The topological polar surface area (TPSA) is 122 Å². The highest BCUT2D eigenvalue weighted by Crippen LogP contribution is 2.43. The molecule has 0 aromatic heterocycles. The number of amides is 1. The first-order chi connectivity index (χ1) is 32.2. The van der Waals surface area contributed by atoms with Gasteiger partial charge in [-0.15, -0.1) is 11.8 Å². The van der Waals surface area contributed by atoms with E-state index in [9.17, 15) is 34.8 Å². The van der Waals surface area contributed by atoms with Crippen molar-refractivity contribution >= 4 is 66.1 Å². The van der Waals surface area contributed by atoms with E-state index in [1.54, 1.807) is 12.1 Å². The maximum atomic E-state index is 14.3. The van der Waals surface area contributed by atoms with Gasteiger partial charge in [0.15, 0.2) is 0 Å². The number of sulfonamides is 1. The van der Waals surface area contributed by atoms with Crippen molar-refractivity contribution in [2.75, 3.05) is 81.4 Å². The average molecular weight is 1020 g/mol. The molecule has 1 unspecified atom stereocenters. The number of hydrogen-bond acceptors (Lipinski definition) is 11. The summed E-state index contributed by atoms with van der Waals surface area (Å²) in [4.78, 5) is 21.6. The third-order valence-corrected chi connectivity index (χ3v) is 17.5. The molecule has 1 aliphatic carbocycles. The van der Waals surface area contributed by atoms with E-state index in [2.05, 4.69) is 64.7 Å². The number of hydrogen-bond donors (Lipinski definition) is 2. The first-order valence-electron chi connectivity index (χ1n) is 23.1. The van der Waals surface area contributed by atoms with Gasteiger partial charge in [0.25, 0.3) is 25.8 Å². The van der Waals surface area contributed by atoms with Crippen LogP contribution in [0.25, 0.3) is 5.57 Å². The monoisotopic (exact) mass is 1010 g/mol. The van der Waals surface area contributed by atoms with Gasteiger partial charge in [-0.25, -0.2) is 21.6 Å². The molecule has 2 aliphatic heterocycles. The Balaban J connectivity index is 1.02. The number of halogens is 4. The number of thioether (sulfide) groups is 1. The van der Waals surface area contributed by atoms with Crippen LogP contribution in [0.1, 0.15) is 69.3 Å². The third-order valence-electron chi connectivity index (χ3n) is 13.2. The zero-order chi connectivity index (χ0) is 48.9. The van der Waals surface area contributed by atoms with Gasteiger partial charge >= 0.3 is 5.51 Å². The van der Waals surface area contributed by atoms with Gasteiger partial charge in [0.05, 0.1) is 10.6 Å². The predicted octanol–water partition coefficient (Wildman–Crippen LogP) is 9.53. The molecule has 18 heteroatoms. The third kappa shape index (κ3) is 13.2. The molecular formula is C50H62ClF3N6O5S3. The van der Waals surface area contributed by atoms with Crippen molar-refractivity contribution in [3.05, 3.63) is 119 Å². The van der Waals surface area contributed by atoms with Crippen LogP contribution < -0.4 is 14.9 Å². The number of nitrogens with one attached hydrogen (secondary N) is 2. The summed E-state index contributed by atoms with van der Waals surface area (Å²) in [5.41, 5.74) is -0.982. The molecule has 0 radical (unpaired) electrons. The van der Waals surface area contributed by atoms with Gasteiger partial charge in [-0.2, -0.15) is 13.2 Å². The summed E-state index contributed by atoms with van der Waals surface area (Å²) in [7, 11) is -10.9. The Bertz CT molecular complexity index is 2620.